The molecule has 0 unspecified atom stereocenters. The van der Waals surface area contributed by atoms with Crippen LogP contribution in [-0.4, -0.2) is 52.7 Å². The van der Waals surface area contributed by atoms with Crippen molar-refractivity contribution in [2.45, 2.75) is 52.1 Å². The molecule has 2 amide bonds. The molecule has 1 saturated heterocycles. The molecule has 0 saturated carbocycles. The van der Waals surface area contributed by atoms with E-state index in [-0.39, 0.29) is 6.03 Å². The number of carbonyl (C=O) groups excluding carboxylic acids is 1. The monoisotopic (exact) mass is 242 g/mol. The van der Waals surface area contributed by atoms with Crippen molar-refractivity contribution in [1.29, 1.82) is 0 Å². The van der Waals surface area contributed by atoms with Crippen LogP contribution in [0.25, 0.3) is 0 Å². The lowest BCUT2D eigenvalue weighted by Crippen LogP contribution is -2.48. The number of nitrogens with zero attached hydrogens (tertiary/aromatic N) is 2. The first-order valence-corrected chi connectivity index (χ1v) is 6.70. The van der Waals surface area contributed by atoms with Crippen LogP contribution in [0.1, 0.15) is 46.5 Å². The van der Waals surface area contributed by atoms with E-state index in [1.54, 1.807) is 18.7 Å². The van der Waals surface area contributed by atoms with E-state index in [1.165, 1.54) is 12.8 Å². The van der Waals surface area contributed by atoms with Gasteiger partial charge in [-0.1, -0.05) is 12.8 Å². The van der Waals surface area contributed by atoms with Crippen molar-refractivity contribution in [2.24, 2.45) is 0 Å². The molecular weight excluding hydrogens is 216 g/mol. The highest BCUT2D eigenvalue weighted by atomic mass is 16.3. The summed E-state index contributed by atoms with van der Waals surface area (Å²) in [6, 6.07) is 0.0801. The van der Waals surface area contributed by atoms with E-state index < -0.39 is 5.60 Å². The number of carbonyl (C=O) groups is 1. The number of amides is 2. The molecule has 1 heterocycles. The molecule has 1 aliphatic rings. The minimum absolute atomic E-state index is 0.0801. The zero-order chi connectivity index (χ0) is 12.9. The Bertz CT molecular complexity index is 240. The predicted octanol–water partition coefficient (Wildman–Crippen LogP) is 2.08. The maximum Gasteiger partial charge on any atom is 0.320 e. The molecule has 0 spiro atoms. The van der Waals surface area contributed by atoms with Crippen molar-refractivity contribution in [2.75, 3.05) is 26.2 Å². The average molecular weight is 242 g/mol. The summed E-state index contributed by atoms with van der Waals surface area (Å²) in [5.74, 6) is 0. The average Bonchev–Trinajstić information content (AvgIpc) is 2.52. The SMILES string of the molecule is CCN(CC(C)(C)O)C(=O)N1CCCCCC1. The third-order valence-corrected chi connectivity index (χ3v) is 3.11. The zero-order valence-corrected chi connectivity index (χ0v) is 11.4. The van der Waals surface area contributed by atoms with Gasteiger partial charge in [-0.15, -0.1) is 0 Å². The van der Waals surface area contributed by atoms with Crippen molar-refractivity contribution >= 4 is 6.03 Å². The van der Waals surface area contributed by atoms with Gasteiger partial charge >= 0.3 is 6.03 Å². The van der Waals surface area contributed by atoms with Crippen LogP contribution in [0.15, 0.2) is 0 Å². The van der Waals surface area contributed by atoms with Gasteiger partial charge in [0.1, 0.15) is 0 Å². The number of hydrogen-bond donors (Lipinski definition) is 1. The van der Waals surface area contributed by atoms with E-state index in [4.69, 9.17) is 0 Å². The Morgan fingerprint density at radius 1 is 1.24 bits per heavy atom. The summed E-state index contributed by atoms with van der Waals surface area (Å²) >= 11 is 0. The quantitative estimate of drug-likeness (QED) is 0.823. The van der Waals surface area contributed by atoms with Crippen LogP contribution in [0.5, 0.6) is 0 Å². The van der Waals surface area contributed by atoms with Crippen molar-refractivity contribution in [1.82, 2.24) is 9.80 Å². The topological polar surface area (TPSA) is 43.8 Å². The van der Waals surface area contributed by atoms with Gasteiger partial charge in [0.05, 0.1) is 12.1 Å². The van der Waals surface area contributed by atoms with E-state index >= 15 is 0 Å². The predicted molar refractivity (Wildman–Crippen MR) is 69.0 cm³/mol. The first-order valence-electron chi connectivity index (χ1n) is 6.70. The minimum Gasteiger partial charge on any atom is -0.389 e. The Labute approximate surface area is 105 Å². The van der Waals surface area contributed by atoms with Crippen LogP contribution in [0.2, 0.25) is 0 Å². The minimum atomic E-state index is -0.822. The molecule has 4 heteroatoms. The third kappa shape index (κ3) is 4.94. The fourth-order valence-electron chi connectivity index (χ4n) is 2.24. The van der Waals surface area contributed by atoms with Gasteiger partial charge in [0.25, 0.3) is 0 Å². The molecule has 1 aliphatic heterocycles. The highest BCUT2D eigenvalue weighted by molar-refractivity contribution is 5.74. The smallest absolute Gasteiger partial charge is 0.320 e. The fraction of sp³-hybridized carbons (Fsp3) is 0.923. The van der Waals surface area contributed by atoms with Crippen LogP contribution in [-0.2, 0) is 0 Å². The number of rotatable bonds is 3. The van der Waals surface area contributed by atoms with Crippen LogP contribution < -0.4 is 0 Å². The van der Waals surface area contributed by atoms with Gasteiger partial charge < -0.3 is 14.9 Å². The summed E-state index contributed by atoms with van der Waals surface area (Å²) in [5.41, 5.74) is -0.822. The number of hydrogen-bond acceptors (Lipinski definition) is 2. The van der Waals surface area contributed by atoms with Gasteiger partial charge in [-0.2, -0.15) is 0 Å². The molecule has 1 N–H and O–H groups in total. The largest absolute Gasteiger partial charge is 0.389 e. The van der Waals surface area contributed by atoms with Crippen molar-refractivity contribution < 1.29 is 9.90 Å². The third-order valence-electron chi connectivity index (χ3n) is 3.11. The first-order chi connectivity index (χ1) is 7.94. The van der Waals surface area contributed by atoms with E-state index in [9.17, 15) is 9.90 Å². The molecular formula is C13H26N2O2. The molecule has 0 atom stereocenters. The second-order valence-corrected chi connectivity index (χ2v) is 5.51. The Morgan fingerprint density at radius 3 is 2.18 bits per heavy atom. The molecule has 1 rings (SSSR count). The maximum absolute atomic E-state index is 12.3. The second-order valence-electron chi connectivity index (χ2n) is 5.51. The highest BCUT2D eigenvalue weighted by Gasteiger charge is 2.25. The van der Waals surface area contributed by atoms with Crippen LogP contribution in [0.3, 0.4) is 0 Å². The Balaban J connectivity index is 2.57. The molecule has 100 valence electrons. The van der Waals surface area contributed by atoms with E-state index in [0.29, 0.717) is 13.1 Å². The zero-order valence-electron chi connectivity index (χ0n) is 11.4. The van der Waals surface area contributed by atoms with E-state index in [0.717, 1.165) is 25.9 Å². The summed E-state index contributed by atoms with van der Waals surface area (Å²) in [5, 5.41) is 9.81. The van der Waals surface area contributed by atoms with Crippen LogP contribution >= 0.6 is 0 Å². The van der Waals surface area contributed by atoms with Gasteiger partial charge in [-0.05, 0) is 33.6 Å². The summed E-state index contributed by atoms with van der Waals surface area (Å²) < 4.78 is 0. The Hall–Kier alpha value is -0.770. The van der Waals surface area contributed by atoms with E-state index in [2.05, 4.69) is 0 Å². The van der Waals surface area contributed by atoms with Crippen LogP contribution in [0, 0.1) is 0 Å². The lowest BCUT2D eigenvalue weighted by atomic mass is 10.1. The van der Waals surface area contributed by atoms with Gasteiger partial charge in [-0.3, -0.25) is 0 Å². The molecule has 1 fully saturated rings. The summed E-state index contributed by atoms with van der Waals surface area (Å²) in [6.07, 6.45) is 4.65. The number of urea groups is 1. The van der Waals surface area contributed by atoms with Gasteiger partial charge in [-0.25, -0.2) is 4.79 Å². The van der Waals surface area contributed by atoms with Gasteiger partial charge in [0.15, 0.2) is 0 Å². The molecule has 0 aromatic carbocycles. The lowest BCUT2D eigenvalue weighted by molar-refractivity contribution is 0.0416. The number of likely N-dealkylation sites (tertiary alicyclic amines) is 1. The number of likely N-dealkylation sites (N-methyl/N-ethyl adjacent to an activating group) is 1. The maximum atomic E-state index is 12.3. The standard InChI is InChI=1S/C13H26N2O2/c1-4-14(11-13(2,3)17)12(16)15-9-7-5-6-8-10-15/h17H,4-11H2,1-3H3. The van der Waals surface area contributed by atoms with Crippen LogP contribution in [0.4, 0.5) is 4.79 Å². The van der Waals surface area contributed by atoms with Crippen molar-refractivity contribution in [3.8, 4) is 0 Å². The second kappa shape index (κ2) is 6.24. The van der Waals surface area contributed by atoms with Crippen molar-refractivity contribution in [3.05, 3.63) is 0 Å². The number of aliphatic hydroxyl groups is 1. The Morgan fingerprint density at radius 2 is 1.76 bits per heavy atom. The van der Waals surface area contributed by atoms with E-state index in [1.807, 2.05) is 11.8 Å². The fourth-order valence-corrected chi connectivity index (χ4v) is 2.24. The van der Waals surface area contributed by atoms with Gasteiger partial charge in [0, 0.05) is 19.6 Å². The first kappa shape index (κ1) is 14.3. The summed E-state index contributed by atoms with van der Waals surface area (Å²) in [6.45, 7) is 8.22. The molecule has 0 bridgehead atoms. The van der Waals surface area contributed by atoms with Crippen molar-refractivity contribution in [3.63, 3.8) is 0 Å². The molecule has 0 radical (unpaired) electrons. The summed E-state index contributed by atoms with van der Waals surface area (Å²) in [4.78, 5) is 16.0. The highest BCUT2D eigenvalue weighted by Crippen LogP contribution is 2.13. The normalized spacial score (nSPS) is 17.8. The lowest BCUT2D eigenvalue weighted by Gasteiger charge is -2.32. The molecule has 0 aliphatic carbocycles. The molecule has 17 heavy (non-hydrogen) atoms. The van der Waals surface area contributed by atoms with Gasteiger partial charge in [0.2, 0.25) is 0 Å². The molecule has 4 nitrogen and oxygen atoms in total. The molecule has 0 aromatic heterocycles. The summed E-state index contributed by atoms with van der Waals surface area (Å²) in [7, 11) is 0. The Kier molecular flexibility index (Phi) is 5.25. The molecule has 0 aromatic rings.